The Morgan fingerprint density at radius 2 is 2.12 bits per heavy atom. The minimum absolute atomic E-state index is 0.105. The number of fused-ring (bicyclic) bond motifs is 1. The summed E-state index contributed by atoms with van der Waals surface area (Å²) < 4.78 is 5.27. The number of rotatable bonds is 1. The smallest absolute Gasteiger partial charge is 0.312 e. The average molecular weight is 220 g/mol. The van der Waals surface area contributed by atoms with Gasteiger partial charge in [-0.15, -0.1) is 0 Å². The molecule has 0 fully saturated rings. The Bertz CT molecular complexity index is 447. The third kappa shape index (κ3) is 1.61. The van der Waals surface area contributed by atoms with E-state index in [1.165, 1.54) is 0 Å². The summed E-state index contributed by atoms with van der Waals surface area (Å²) in [7, 11) is 0. The van der Waals surface area contributed by atoms with Gasteiger partial charge in [-0.05, 0) is 12.5 Å². The van der Waals surface area contributed by atoms with Crippen molar-refractivity contribution in [3.8, 4) is 5.75 Å². The zero-order valence-corrected chi connectivity index (χ0v) is 9.83. The second kappa shape index (κ2) is 3.59. The Hall–Kier alpha value is -1.35. The molecule has 1 aliphatic heterocycles. The van der Waals surface area contributed by atoms with E-state index in [1.54, 1.807) is 0 Å². The molecule has 0 radical (unpaired) electrons. The first-order valence-electron chi connectivity index (χ1n) is 5.40. The van der Waals surface area contributed by atoms with Crippen LogP contribution in [-0.2, 0) is 16.8 Å². The molecule has 0 unspecified atom stereocenters. The molecule has 1 heterocycles. The van der Waals surface area contributed by atoms with Gasteiger partial charge in [0, 0.05) is 16.5 Å². The van der Waals surface area contributed by atoms with Gasteiger partial charge in [0.05, 0.1) is 13.0 Å². The second-order valence-corrected chi connectivity index (χ2v) is 4.94. The zero-order chi connectivity index (χ0) is 11.9. The van der Waals surface area contributed by atoms with E-state index < -0.39 is 0 Å². The summed E-state index contributed by atoms with van der Waals surface area (Å²) in [5.74, 6) is 0.335. The number of benzene rings is 1. The minimum Gasteiger partial charge on any atom is -0.426 e. The summed E-state index contributed by atoms with van der Waals surface area (Å²) in [6.07, 6.45) is 0.385. The van der Waals surface area contributed by atoms with Crippen LogP contribution < -0.4 is 4.74 Å². The van der Waals surface area contributed by atoms with Gasteiger partial charge in [-0.2, -0.15) is 0 Å². The fourth-order valence-corrected chi connectivity index (χ4v) is 2.41. The molecule has 16 heavy (non-hydrogen) atoms. The highest BCUT2D eigenvalue weighted by Crippen LogP contribution is 2.42. The minimum atomic E-state index is -0.224. The van der Waals surface area contributed by atoms with E-state index in [-0.39, 0.29) is 18.0 Å². The van der Waals surface area contributed by atoms with Gasteiger partial charge in [0.15, 0.2) is 0 Å². The number of aryl methyl sites for hydroxylation is 1. The molecular weight excluding hydrogens is 204 g/mol. The van der Waals surface area contributed by atoms with Crippen molar-refractivity contribution in [2.24, 2.45) is 0 Å². The van der Waals surface area contributed by atoms with Gasteiger partial charge < -0.3 is 9.84 Å². The molecule has 0 spiro atoms. The van der Waals surface area contributed by atoms with E-state index in [1.807, 2.05) is 32.9 Å². The van der Waals surface area contributed by atoms with Crippen LogP contribution >= 0.6 is 0 Å². The fourth-order valence-electron chi connectivity index (χ4n) is 2.41. The number of carbonyl (C=O) groups is 1. The lowest BCUT2D eigenvalue weighted by Crippen LogP contribution is -2.32. The summed E-state index contributed by atoms with van der Waals surface area (Å²) in [5, 5.41) is 9.25. The predicted molar refractivity (Wildman–Crippen MR) is 60.4 cm³/mol. The molecule has 0 aromatic heterocycles. The monoisotopic (exact) mass is 220 g/mol. The molecule has 1 aromatic carbocycles. The maximum absolute atomic E-state index is 11.5. The van der Waals surface area contributed by atoms with Crippen molar-refractivity contribution in [1.82, 2.24) is 0 Å². The van der Waals surface area contributed by atoms with E-state index in [2.05, 4.69) is 0 Å². The Morgan fingerprint density at radius 3 is 2.75 bits per heavy atom. The van der Waals surface area contributed by atoms with Crippen molar-refractivity contribution in [2.45, 2.75) is 39.2 Å². The first kappa shape index (κ1) is 11.1. The van der Waals surface area contributed by atoms with Gasteiger partial charge >= 0.3 is 5.97 Å². The number of carbonyl (C=O) groups excluding carboxylic acids is 1. The number of aliphatic hydroxyl groups excluding tert-OH is 1. The molecular formula is C13H16O3. The average Bonchev–Trinajstić information content (AvgIpc) is 2.15. The lowest BCUT2D eigenvalue weighted by molar-refractivity contribution is -0.137. The van der Waals surface area contributed by atoms with Crippen LogP contribution in [0.4, 0.5) is 0 Å². The van der Waals surface area contributed by atoms with Crippen LogP contribution in [0.2, 0.25) is 0 Å². The summed E-state index contributed by atoms with van der Waals surface area (Å²) in [4.78, 5) is 11.5. The number of aliphatic hydroxyl groups is 1. The molecule has 0 saturated heterocycles. The van der Waals surface area contributed by atoms with E-state index in [0.717, 1.165) is 11.1 Å². The summed E-state index contributed by atoms with van der Waals surface area (Å²) in [6.45, 7) is 5.95. The third-order valence-electron chi connectivity index (χ3n) is 3.10. The molecule has 1 N–H and O–H groups in total. The van der Waals surface area contributed by atoms with Gasteiger partial charge in [-0.3, -0.25) is 4.79 Å². The van der Waals surface area contributed by atoms with Crippen molar-refractivity contribution in [3.63, 3.8) is 0 Å². The standard InChI is InChI=1S/C13H16O3/c1-8-4-5-9(7-14)12-11(8)13(2,3)6-10(15)16-12/h4-5,14H,6-7H2,1-3H3. The molecule has 3 heteroatoms. The quantitative estimate of drug-likeness (QED) is 0.582. The molecule has 1 aromatic rings. The van der Waals surface area contributed by atoms with Crippen LogP contribution in [0.5, 0.6) is 5.75 Å². The van der Waals surface area contributed by atoms with Crippen LogP contribution in [0.1, 0.15) is 37.0 Å². The summed E-state index contributed by atoms with van der Waals surface area (Å²) >= 11 is 0. The van der Waals surface area contributed by atoms with Crippen LogP contribution in [0, 0.1) is 6.92 Å². The molecule has 0 atom stereocenters. The Morgan fingerprint density at radius 1 is 1.44 bits per heavy atom. The topological polar surface area (TPSA) is 46.5 Å². The molecule has 0 bridgehead atoms. The van der Waals surface area contributed by atoms with Crippen molar-refractivity contribution in [2.75, 3.05) is 0 Å². The van der Waals surface area contributed by atoms with E-state index in [4.69, 9.17) is 4.74 Å². The number of hydrogen-bond acceptors (Lipinski definition) is 3. The SMILES string of the molecule is Cc1ccc(CO)c2c1C(C)(C)CC(=O)O2. The first-order chi connectivity index (χ1) is 7.45. The molecule has 0 aliphatic carbocycles. The van der Waals surface area contributed by atoms with Crippen molar-refractivity contribution < 1.29 is 14.6 Å². The summed E-state index contributed by atoms with van der Waals surface area (Å²) in [6, 6.07) is 3.77. The largest absolute Gasteiger partial charge is 0.426 e. The Balaban J connectivity index is 2.69. The summed E-state index contributed by atoms with van der Waals surface area (Å²) in [5.41, 5.74) is 2.60. The van der Waals surface area contributed by atoms with Crippen molar-refractivity contribution >= 4 is 5.97 Å². The molecule has 1 aliphatic rings. The normalized spacial score (nSPS) is 17.9. The molecule has 3 nitrogen and oxygen atoms in total. The Labute approximate surface area is 95.0 Å². The lowest BCUT2D eigenvalue weighted by Gasteiger charge is -2.33. The third-order valence-corrected chi connectivity index (χ3v) is 3.10. The van der Waals surface area contributed by atoms with Crippen molar-refractivity contribution in [1.29, 1.82) is 0 Å². The maximum Gasteiger partial charge on any atom is 0.312 e. The lowest BCUT2D eigenvalue weighted by atomic mass is 9.76. The first-order valence-corrected chi connectivity index (χ1v) is 5.40. The Kier molecular flexibility index (Phi) is 2.50. The number of esters is 1. The second-order valence-electron chi connectivity index (χ2n) is 4.94. The highest BCUT2D eigenvalue weighted by atomic mass is 16.5. The van der Waals surface area contributed by atoms with Crippen LogP contribution in [-0.4, -0.2) is 11.1 Å². The van der Waals surface area contributed by atoms with E-state index in [0.29, 0.717) is 17.7 Å². The van der Waals surface area contributed by atoms with Crippen molar-refractivity contribution in [3.05, 3.63) is 28.8 Å². The zero-order valence-electron chi connectivity index (χ0n) is 9.83. The highest BCUT2D eigenvalue weighted by Gasteiger charge is 2.36. The highest BCUT2D eigenvalue weighted by molar-refractivity contribution is 5.78. The van der Waals surface area contributed by atoms with Gasteiger partial charge in [0.1, 0.15) is 5.75 Å². The van der Waals surface area contributed by atoms with Crippen LogP contribution in [0.3, 0.4) is 0 Å². The molecule has 0 saturated carbocycles. The maximum atomic E-state index is 11.5. The van der Waals surface area contributed by atoms with Crippen LogP contribution in [0.25, 0.3) is 0 Å². The van der Waals surface area contributed by atoms with Gasteiger partial charge in [-0.25, -0.2) is 0 Å². The number of ether oxygens (including phenoxy) is 1. The fraction of sp³-hybridized carbons (Fsp3) is 0.462. The molecule has 86 valence electrons. The van der Waals surface area contributed by atoms with Gasteiger partial charge in [-0.1, -0.05) is 26.0 Å². The molecule has 0 amide bonds. The van der Waals surface area contributed by atoms with Gasteiger partial charge in [0.2, 0.25) is 0 Å². The predicted octanol–water partition coefficient (Wildman–Crippen LogP) is 2.07. The van der Waals surface area contributed by atoms with E-state index >= 15 is 0 Å². The molecule has 2 rings (SSSR count). The van der Waals surface area contributed by atoms with Gasteiger partial charge in [0.25, 0.3) is 0 Å². The number of hydrogen-bond donors (Lipinski definition) is 1. The van der Waals surface area contributed by atoms with Crippen LogP contribution in [0.15, 0.2) is 12.1 Å². The van der Waals surface area contributed by atoms with E-state index in [9.17, 15) is 9.90 Å².